The van der Waals surface area contributed by atoms with Crippen LogP contribution in [0.4, 0.5) is 23.3 Å². The summed E-state index contributed by atoms with van der Waals surface area (Å²) in [4.78, 5) is 55.4. The number of fused-ring (bicyclic) bond motifs is 2. The minimum absolute atomic E-state index is 0. The van der Waals surface area contributed by atoms with Gasteiger partial charge in [-0.05, 0) is 133 Å². The maximum Gasteiger partial charge on any atom is 0.496 e. The molecule has 2 saturated carbocycles. The molecule has 69 heavy (non-hydrogen) atoms. The van der Waals surface area contributed by atoms with Crippen LogP contribution in [0.15, 0.2) is 53.7 Å². The van der Waals surface area contributed by atoms with Crippen molar-refractivity contribution in [1.29, 1.82) is 0 Å². The van der Waals surface area contributed by atoms with Gasteiger partial charge in [0.1, 0.15) is 10.2 Å². The summed E-state index contributed by atoms with van der Waals surface area (Å²) < 4.78 is 23.5. The second-order valence-corrected chi connectivity index (χ2v) is 20.4. The number of carbonyl (C=O) groups excluding carboxylic acids is 2. The summed E-state index contributed by atoms with van der Waals surface area (Å²) in [6, 6.07) is 8.04. The maximum atomic E-state index is 12.7. The molecule has 0 bridgehead atoms. The second kappa shape index (κ2) is 23.2. The zero-order valence-corrected chi connectivity index (χ0v) is 43.3. The van der Waals surface area contributed by atoms with Gasteiger partial charge in [-0.15, -0.1) is 12.4 Å². The fourth-order valence-corrected chi connectivity index (χ4v) is 9.07. The van der Waals surface area contributed by atoms with Crippen LogP contribution in [-0.2, 0) is 34.0 Å². The molecule has 7 heterocycles. The number of halogens is 2. The van der Waals surface area contributed by atoms with Crippen LogP contribution >= 0.6 is 28.3 Å². The molecule has 2 amide bonds. The van der Waals surface area contributed by atoms with Gasteiger partial charge in [-0.3, -0.25) is 29.4 Å². The number of amides is 2. The Hall–Kier alpha value is -4.37. The van der Waals surface area contributed by atoms with E-state index < -0.39 is 5.60 Å². The average molecular weight is 1040 g/mol. The standard InChI is InChI=1S/C21H27N5O3.C14H22BNO2.C13H17BrN4O2.CH4.ClH/c1-21(2,28)17-9-4-13(10-22-17)16-11-23-19-20(25-16)26(18(27)12-24-19)14-5-7-15(29-3)8-6-14;1-10(2)12-8-7-11(9-16-12)15-17-13(3,4)14(5,6)18-15;1-20-9-4-2-8(3-5-9)18-11(19)7-16-12-13(18)17-10(14)6-15-12;;/h4,9-11,14-15,28H,5-8,12H2,1-3H3,(H,23,24);7-10H,1-6H3;6,8-9H,2-5,7H2,1H3,(H,15,16);1H4;1H/i21+2;10+2;;;. The number of methoxy groups -OCH3 is 2. The third-order valence-electron chi connectivity index (χ3n) is 13.6. The molecule has 4 aromatic rings. The van der Waals surface area contributed by atoms with E-state index in [4.69, 9.17) is 23.8 Å². The Morgan fingerprint density at radius 2 is 1.25 bits per heavy atom. The van der Waals surface area contributed by atoms with Crippen LogP contribution in [-0.4, -0.2) is 117 Å². The van der Waals surface area contributed by atoms with Crippen molar-refractivity contribution in [2.24, 2.45) is 0 Å². The fraction of sp³-hybridized carbons (Fsp3) is 0.592. The lowest BCUT2D eigenvalue weighted by Crippen LogP contribution is -2.49. The lowest BCUT2D eigenvalue weighted by atomic mass is 9.80. The molecule has 4 aromatic heterocycles. The first-order chi connectivity index (χ1) is 31.8. The molecule has 20 heteroatoms. The van der Waals surface area contributed by atoms with Gasteiger partial charge in [-0.2, -0.15) is 0 Å². The molecule has 0 unspecified atom stereocenters. The van der Waals surface area contributed by atoms with Crippen LogP contribution in [0.25, 0.3) is 11.3 Å². The molecule has 9 rings (SSSR count). The summed E-state index contributed by atoms with van der Waals surface area (Å²) in [5, 5.41) is 16.2. The zero-order chi connectivity index (χ0) is 48.3. The highest BCUT2D eigenvalue weighted by Gasteiger charge is 2.52. The summed E-state index contributed by atoms with van der Waals surface area (Å²) in [6.45, 7) is 16.4. The number of nitrogens with one attached hydrogen (secondary N) is 2. The summed E-state index contributed by atoms with van der Waals surface area (Å²) in [5.74, 6) is 3.04. The van der Waals surface area contributed by atoms with E-state index >= 15 is 0 Å². The Bertz CT molecular complexity index is 2330. The summed E-state index contributed by atoms with van der Waals surface area (Å²) in [6.07, 6.45) is 14.9. The molecular weight excluding hydrogens is 971 g/mol. The molecule has 0 atom stereocenters. The molecule has 0 aromatic carbocycles. The Morgan fingerprint density at radius 3 is 1.68 bits per heavy atom. The van der Waals surface area contributed by atoms with Crippen molar-refractivity contribution < 1.29 is 33.5 Å². The molecular formula is C49H71BBrClN10O7. The third kappa shape index (κ3) is 12.9. The number of ether oxygens (including phenoxy) is 2. The number of hydrogen-bond acceptors (Lipinski definition) is 15. The number of carbonyl (C=O) groups is 2. The number of pyridine rings is 2. The van der Waals surface area contributed by atoms with E-state index in [1.165, 1.54) is 0 Å². The van der Waals surface area contributed by atoms with Crippen LogP contribution in [0.2, 0.25) is 0 Å². The molecule has 3 aliphatic heterocycles. The third-order valence-corrected chi connectivity index (χ3v) is 14.0. The first-order valence-corrected chi connectivity index (χ1v) is 24.2. The monoisotopic (exact) mass is 1040 g/mol. The SMILES string of the molecule is C.COC1CCC(N2C(=O)CNc3ncc(-c4ccc([14C](C)(C)O)nc4)nc32)CC1.COC1CCC(N2C(=O)CNc3ncc(Br)nc32)CC1.C[14CH](C)c1ccc(B2OC(C)(C)C(C)(C)O2)cn1.Cl. The van der Waals surface area contributed by atoms with Crippen molar-refractivity contribution in [3.8, 4) is 11.3 Å². The lowest BCUT2D eigenvalue weighted by molar-refractivity contribution is -0.118. The van der Waals surface area contributed by atoms with Gasteiger partial charge in [0.2, 0.25) is 11.8 Å². The Balaban J connectivity index is 0.000000197. The van der Waals surface area contributed by atoms with Gasteiger partial charge in [0, 0.05) is 55.4 Å². The van der Waals surface area contributed by atoms with E-state index in [-0.39, 0.29) is 81.2 Å². The highest BCUT2D eigenvalue weighted by atomic mass is 79.9. The number of hydrogen-bond donors (Lipinski definition) is 3. The number of rotatable bonds is 8. The van der Waals surface area contributed by atoms with E-state index in [9.17, 15) is 14.7 Å². The molecule has 0 radical (unpaired) electrons. The minimum Gasteiger partial charge on any atom is -0.399 e. The lowest BCUT2D eigenvalue weighted by Gasteiger charge is -2.38. The number of aliphatic hydroxyl groups is 1. The van der Waals surface area contributed by atoms with Gasteiger partial charge in [-0.25, -0.2) is 19.9 Å². The highest BCUT2D eigenvalue weighted by Crippen LogP contribution is 2.38. The Kier molecular flexibility index (Phi) is 18.7. The van der Waals surface area contributed by atoms with Crippen molar-refractivity contribution in [2.45, 2.75) is 161 Å². The average Bonchev–Trinajstić information content (AvgIpc) is 3.54. The van der Waals surface area contributed by atoms with Gasteiger partial charge < -0.3 is 34.5 Å². The molecule has 376 valence electrons. The Morgan fingerprint density at radius 1 is 0.739 bits per heavy atom. The van der Waals surface area contributed by atoms with Crippen LogP contribution in [0.1, 0.15) is 131 Å². The first-order valence-electron chi connectivity index (χ1n) is 23.4. The van der Waals surface area contributed by atoms with Crippen molar-refractivity contribution in [1.82, 2.24) is 29.9 Å². The predicted molar refractivity (Wildman–Crippen MR) is 276 cm³/mol. The first kappa shape index (κ1) is 55.6. The van der Waals surface area contributed by atoms with Crippen molar-refractivity contribution in [2.75, 3.05) is 47.7 Å². The molecule has 1 saturated heterocycles. The molecule has 3 fully saturated rings. The molecule has 2 aliphatic carbocycles. The zero-order valence-electron chi connectivity index (χ0n) is 40.9. The normalized spacial score (nSPS) is 22.5. The van der Waals surface area contributed by atoms with Gasteiger partial charge in [0.25, 0.3) is 0 Å². The van der Waals surface area contributed by atoms with Crippen molar-refractivity contribution in [3.63, 3.8) is 0 Å². The van der Waals surface area contributed by atoms with Crippen LogP contribution < -0.4 is 25.9 Å². The van der Waals surface area contributed by atoms with Gasteiger partial charge >= 0.3 is 7.12 Å². The van der Waals surface area contributed by atoms with Gasteiger partial charge in [0.15, 0.2) is 23.3 Å². The molecule has 0 spiro atoms. The Labute approximate surface area is 422 Å². The maximum absolute atomic E-state index is 12.7. The molecule has 3 N–H and O–H groups in total. The van der Waals surface area contributed by atoms with Gasteiger partial charge in [0.05, 0.1) is 60.3 Å². The summed E-state index contributed by atoms with van der Waals surface area (Å²) >= 11 is 3.32. The summed E-state index contributed by atoms with van der Waals surface area (Å²) in [7, 11) is 3.17. The number of anilines is 4. The second-order valence-electron chi connectivity index (χ2n) is 19.6. The number of aromatic nitrogens is 6. The molecule has 17 nitrogen and oxygen atoms in total. The van der Waals surface area contributed by atoms with E-state index in [2.05, 4.69) is 93.0 Å². The van der Waals surface area contributed by atoms with E-state index in [0.29, 0.717) is 51.3 Å². The highest BCUT2D eigenvalue weighted by molar-refractivity contribution is 9.10. The topological polar surface area (TPSA) is 199 Å². The fourth-order valence-electron chi connectivity index (χ4n) is 8.80. The summed E-state index contributed by atoms with van der Waals surface area (Å²) in [5.41, 5.74) is 2.49. The number of nitrogens with zero attached hydrogens (tertiary/aromatic N) is 8. The van der Waals surface area contributed by atoms with E-state index in [0.717, 1.165) is 68.1 Å². The van der Waals surface area contributed by atoms with Gasteiger partial charge in [-0.1, -0.05) is 27.3 Å². The minimum atomic E-state index is -1.01. The smallest absolute Gasteiger partial charge is 0.399 e. The largest absolute Gasteiger partial charge is 0.496 e. The quantitative estimate of drug-likeness (QED) is 0.143. The van der Waals surface area contributed by atoms with E-state index in [1.54, 1.807) is 52.7 Å². The molecule has 5 aliphatic rings. The predicted octanol–water partition coefficient (Wildman–Crippen LogP) is 8.00. The van der Waals surface area contributed by atoms with Crippen molar-refractivity contribution in [3.05, 3.63) is 65.0 Å². The van der Waals surface area contributed by atoms with Crippen LogP contribution in [0, 0.1) is 0 Å². The van der Waals surface area contributed by atoms with Crippen LogP contribution in [0.5, 0.6) is 0 Å². The van der Waals surface area contributed by atoms with Crippen molar-refractivity contribution >= 4 is 76.0 Å². The van der Waals surface area contributed by atoms with E-state index in [1.807, 2.05) is 34.2 Å². The van der Waals surface area contributed by atoms with Crippen LogP contribution in [0.3, 0.4) is 0 Å².